The van der Waals surface area contributed by atoms with Crippen molar-refractivity contribution in [2.75, 3.05) is 37.8 Å². The standard InChI is InChI=1S/C22H29FN4O2S.HI/c1-24-22(25-13-12-17-8-10-21(11-9-17)30(2,28)29)26-19-6-4-14-27(16-19)20-7-3-5-18(23)15-20;/h3,5,7-11,15,19H,4,6,12-14,16H2,1-2H3,(H2,24,25,26);1H. The zero-order valence-electron chi connectivity index (χ0n) is 17.8. The maximum absolute atomic E-state index is 13.5. The Bertz CT molecular complexity index is 983. The molecule has 1 unspecified atom stereocenters. The average Bonchev–Trinajstić information content (AvgIpc) is 2.73. The summed E-state index contributed by atoms with van der Waals surface area (Å²) in [5, 5.41) is 6.78. The van der Waals surface area contributed by atoms with Crippen molar-refractivity contribution < 1.29 is 12.8 Å². The topological polar surface area (TPSA) is 73.8 Å². The lowest BCUT2D eigenvalue weighted by Gasteiger charge is -2.35. The van der Waals surface area contributed by atoms with Crippen molar-refractivity contribution >= 4 is 45.5 Å². The van der Waals surface area contributed by atoms with Gasteiger partial charge in [0.2, 0.25) is 0 Å². The third-order valence-corrected chi connectivity index (χ3v) is 6.35. The average molecular weight is 560 g/mol. The van der Waals surface area contributed by atoms with E-state index in [9.17, 15) is 12.8 Å². The van der Waals surface area contributed by atoms with E-state index in [0.29, 0.717) is 11.4 Å². The van der Waals surface area contributed by atoms with Crippen molar-refractivity contribution in [2.45, 2.75) is 30.2 Å². The number of nitrogens with zero attached hydrogens (tertiary/aromatic N) is 2. The first-order valence-electron chi connectivity index (χ1n) is 10.1. The molecule has 0 bridgehead atoms. The molecule has 2 N–H and O–H groups in total. The highest BCUT2D eigenvalue weighted by Gasteiger charge is 2.21. The monoisotopic (exact) mass is 560 g/mol. The summed E-state index contributed by atoms with van der Waals surface area (Å²) in [6, 6.07) is 13.9. The maximum Gasteiger partial charge on any atom is 0.191 e. The van der Waals surface area contributed by atoms with Gasteiger partial charge in [-0.3, -0.25) is 4.99 Å². The second-order valence-electron chi connectivity index (χ2n) is 7.57. The van der Waals surface area contributed by atoms with Gasteiger partial charge in [0.05, 0.1) is 4.90 Å². The number of piperidine rings is 1. The van der Waals surface area contributed by atoms with Crippen molar-refractivity contribution in [3.63, 3.8) is 0 Å². The van der Waals surface area contributed by atoms with Gasteiger partial charge in [-0.1, -0.05) is 18.2 Å². The minimum Gasteiger partial charge on any atom is -0.369 e. The van der Waals surface area contributed by atoms with Gasteiger partial charge in [-0.25, -0.2) is 12.8 Å². The van der Waals surface area contributed by atoms with Gasteiger partial charge in [0.1, 0.15) is 5.82 Å². The molecule has 0 spiro atoms. The highest BCUT2D eigenvalue weighted by Crippen LogP contribution is 2.20. The Morgan fingerprint density at radius 3 is 2.61 bits per heavy atom. The molecule has 1 saturated heterocycles. The van der Waals surface area contributed by atoms with E-state index in [0.717, 1.165) is 49.6 Å². The van der Waals surface area contributed by atoms with Crippen molar-refractivity contribution in [2.24, 2.45) is 4.99 Å². The predicted molar refractivity (Wildman–Crippen MR) is 135 cm³/mol. The van der Waals surface area contributed by atoms with Gasteiger partial charge in [-0.15, -0.1) is 24.0 Å². The summed E-state index contributed by atoms with van der Waals surface area (Å²) in [6.45, 7) is 2.38. The van der Waals surface area contributed by atoms with E-state index in [1.807, 2.05) is 18.2 Å². The van der Waals surface area contributed by atoms with E-state index in [1.165, 1.54) is 12.3 Å². The molecular formula is C22H30FIN4O2S. The number of hydrogen-bond acceptors (Lipinski definition) is 4. The van der Waals surface area contributed by atoms with E-state index in [4.69, 9.17) is 0 Å². The number of nitrogens with one attached hydrogen (secondary N) is 2. The minimum atomic E-state index is -3.17. The van der Waals surface area contributed by atoms with E-state index in [1.54, 1.807) is 31.3 Å². The molecule has 6 nitrogen and oxygen atoms in total. The Hall–Kier alpha value is -1.88. The van der Waals surface area contributed by atoms with Crippen molar-refractivity contribution in [1.29, 1.82) is 0 Å². The summed E-state index contributed by atoms with van der Waals surface area (Å²) in [7, 11) is -1.43. The van der Waals surface area contributed by atoms with Crippen LogP contribution in [0.25, 0.3) is 0 Å². The molecule has 1 heterocycles. The zero-order valence-corrected chi connectivity index (χ0v) is 21.0. The molecule has 31 heavy (non-hydrogen) atoms. The molecule has 1 fully saturated rings. The Kier molecular flexibility index (Phi) is 9.54. The lowest BCUT2D eigenvalue weighted by molar-refractivity contribution is 0.467. The molecule has 0 aliphatic carbocycles. The normalized spacial score (nSPS) is 17.1. The number of anilines is 1. The summed E-state index contributed by atoms with van der Waals surface area (Å²) in [6.07, 6.45) is 4.02. The lowest BCUT2D eigenvalue weighted by Crippen LogP contribution is -2.51. The predicted octanol–water partition coefficient (Wildman–Crippen LogP) is 3.22. The van der Waals surface area contributed by atoms with E-state index < -0.39 is 9.84 Å². The fourth-order valence-electron chi connectivity index (χ4n) is 3.62. The lowest BCUT2D eigenvalue weighted by atomic mass is 10.0. The molecule has 1 aliphatic rings. The number of rotatable bonds is 6. The third kappa shape index (κ3) is 7.64. The Morgan fingerprint density at radius 2 is 1.97 bits per heavy atom. The Morgan fingerprint density at radius 1 is 1.23 bits per heavy atom. The molecule has 0 saturated carbocycles. The zero-order chi connectivity index (χ0) is 21.6. The summed E-state index contributed by atoms with van der Waals surface area (Å²) in [5.41, 5.74) is 1.96. The molecule has 1 aliphatic heterocycles. The fourth-order valence-corrected chi connectivity index (χ4v) is 4.25. The summed E-state index contributed by atoms with van der Waals surface area (Å²) < 4.78 is 36.6. The molecule has 0 aromatic heterocycles. The fraction of sp³-hybridized carbons (Fsp3) is 0.409. The highest BCUT2D eigenvalue weighted by molar-refractivity contribution is 14.0. The van der Waals surface area contributed by atoms with Crippen molar-refractivity contribution in [3.8, 4) is 0 Å². The van der Waals surface area contributed by atoms with Crippen LogP contribution in [0.5, 0.6) is 0 Å². The molecule has 0 amide bonds. The van der Waals surface area contributed by atoms with Crippen LogP contribution >= 0.6 is 24.0 Å². The van der Waals surface area contributed by atoms with E-state index >= 15 is 0 Å². The molecular weight excluding hydrogens is 530 g/mol. The second kappa shape index (κ2) is 11.7. The minimum absolute atomic E-state index is 0. The maximum atomic E-state index is 13.5. The van der Waals surface area contributed by atoms with Crippen molar-refractivity contribution in [3.05, 3.63) is 59.9 Å². The first kappa shape index (κ1) is 25.4. The SMILES string of the molecule is CN=C(NCCc1ccc(S(C)(=O)=O)cc1)NC1CCCN(c2cccc(F)c2)C1.I. The second-order valence-corrected chi connectivity index (χ2v) is 9.59. The molecule has 170 valence electrons. The van der Waals surface area contributed by atoms with Crippen LogP contribution in [0, 0.1) is 5.82 Å². The van der Waals surface area contributed by atoms with Crippen LogP contribution in [0.3, 0.4) is 0 Å². The van der Waals surface area contributed by atoms with Crippen LogP contribution in [0.4, 0.5) is 10.1 Å². The van der Waals surface area contributed by atoms with Gasteiger partial charge in [0, 0.05) is 44.7 Å². The van der Waals surface area contributed by atoms with Crippen LogP contribution < -0.4 is 15.5 Å². The Balaban J connectivity index is 0.00000341. The van der Waals surface area contributed by atoms with E-state index in [2.05, 4.69) is 20.5 Å². The van der Waals surface area contributed by atoms with Gasteiger partial charge >= 0.3 is 0 Å². The van der Waals surface area contributed by atoms with Crippen molar-refractivity contribution in [1.82, 2.24) is 10.6 Å². The van der Waals surface area contributed by atoms with Crippen LogP contribution in [0.2, 0.25) is 0 Å². The quantitative estimate of drug-likeness (QED) is 0.323. The molecule has 2 aromatic rings. The smallest absolute Gasteiger partial charge is 0.191 e. The van der Waals surface area contributed by atoms with Crippen LogP contribution in [0.1, 0.15) is 18.4 Å². The highest BCUT2D eigenvalue weighted by atomic mass is 127. The number of guanidine groups is 1. The molecule has 1 atom stereocenters. The summed E-state index contributed by atoms with van der Waals surface area (Å²) >= 11 is 0. The Labute approximate surface area is 201 Å². The molecule has 0 radical (unpaired) electrons. The first-order valence-corrected chi connectivity index (χ1v) is 12.0. The third-order valence-electron chi connectivity index (χ3n) is 5.22. The van der Waals surface area contributed by atoms with Crippen LogP contribution in [-0.2, 0) is 16.3 Å². The first-order chi connectivity index (χ1) is 14.3. The van der Waals surface area contributed by atoms with Crippen LogP contribution in [-0.4, -0.2) is 53.4 Å². The van der Waals surface area contributed by atoms with Gasteiger partial charge in [-0.05, 0) is 55.2 Å². The van der Waals surface area contributed by atoms with Gasteiger partial charge in [-0.2, -0.15) is 0 Å². The van der Waals surface area contributed by atoms with Crippen LogP contribution in [0.15, 0.2) is 58.4 Å². The number of aliphatic imine (C=N–C) groups is 1. The number of benzene rings is 2. The number of sulfone groups is 1. The van der Waals surface area contributed by atoms with E-state index in [-0.39, 0.29) is 35.8 Å². The van der Waals surface area contributed by atoms with Gasteiger partial charge in [0.15, 0.2) is 15.8 Å². The summed E-state index contributed by atoms with van der Waals surface area (Å²) in [5.74, 6) is 0.512. The summed E-state index contributed by atoms with van der Waals surface area (Å²) in [4.78, 5) is 6.83. The number of halogens is 2. The van der Waals surface area contributed by atoms with Gasteiger partial charge < -0.3 is 15.5 Å². The molecule has 9 heteroatoms. The van der Waals surface area contributed by atoms with Gasteiger partial charge in [0.25, 0.3) is 0 Å². The number of hydrogen-bond donors (Lipinski definition) is 2. The largest absolute Gasteiger partial charge is 0.369 e. The molecule has 2 aromatic carbocycles. The molecule has 3 rings (SSSR count).